The second-order valence-corrected chi connectivity index (χ2v) is 4.78. The number of hydrogen-bond donors (Lipinski definition) is 1. The number of nitro groups is 1. The van der Waals surface area contributed by atoms with Crippen molar-refractivity contribution in [1.29, 1.82) is 0 Å². The van der Waals surface area contributed by atoms with Gasteiger partial charge in [0.2, 0.25) is 0 Å². The number of fused-ring (bicyclic) bond motifs is 1. The monoisotopic (exact) mass is 301 g/mol. The Morgan fingerprint density at radius 2 is 1.86 bits per heavy atom. The van der Waals surface area contributed by atoms with Crippen molar-refractivity contribution in [3.05, 3.63) is 68.0 Å². The van der Waals surface area contributed by atoms with E-state index in [1.807, 2.05) is 0 Å². The lowest BCUT2D eigenvalue weighted by atomic mass is 10.0. The predicted octanol–water partition coefficient (Wildman–Crippen LogP) is 3.15. The molecule has 2 aromatic carbocycles. The van der Waals surface area contributed by atoms with E-state index in [2.05, 4.69) is 10.2 Å². The smallest absolute Gasteiger partial charge is 0.267 e. The molecule has 1 heterocycles. The minimum Gasteiger partial charge on any atom is -0.267 e. The first-order valence-electron chi connectivity index (χ1n) is 5.99. The van der Waals surface area contributed by atoms with Gasteiger partial charge >= 0.3 is 0 Å². The minimum atomic E-state index is -0.556. The summed E-state index contributed by atoms with van der Waals surface area (Å²) in [5.41, 5.74) is 0.465. The zero-order valence-electron chi connectivity index (χ0n) is 10.5. The molecule has 0 amide bonds. The first-order chi connectivity index (χ1) is 10.1. The maximum atomic E-state index is 11.7. The molecule has 0 radical (unpaired) electrons. The molecule has 0 fully saturated rings. The van der Waals surface area contributed by atoms with Crippen LogP contribution in [0.25, 0.3) is 22.0 Å². The summed E-state index contributed by atoms with van der Waals surface area (Å²) in [6.45, 7) is 0. The lowest BCUT2D eigenvalue weighted by Gasteiger charge is -2.05. The molecule has 1 aromatic heterocycles. The maximum absolute atomic E-state index is 11.7. The van der Waals surface area contributed by atoms with Crippen LogP contribution >= 0.6 is 11.6 Å². The van der Waals surface area contributed by atoms with Gasteiger partial charge in [-0.15, -0.1) is 0 Å². The molecule has 0 atom stereocenters. The summed E-state index contributed by atoms with van der Waals surface area (Å²) < 4.78 is 0. The van der Waals surface area contributed by atoms with Crippen molar-refractivity contribution >= 4 is 28.1 Å². The van der Waals surface area contributed by atoms with E-state index in [4.69, 9.17) is 11.6 Å². The van der Waals surface area contributed by atoms with Gasteiger partial charge in [-0.25, -0.2) is 5.10 Å². The number of aromatic amines is 1. The second kappa shape index (κ2) is 4.99. The van der Waals surface area contributed by atoms with Crippen molar-refractivity contribution in [2.24, 2.45) is 0 Å². The predicted molar refractivity (Wildman–Crippen MR) is 79.5 cm³/mol. The first kappa shape index (κ1) is 13.3. The van der Waals surface area contributed by atoms with Crippen LogP contribution in [-0.2, 0) is 0 Å². The third-order valence-corrected chi connectivity index (χ3v) is 3.43. The van der Waals surface area contributed by atoms with Gasteiger partial charge in [0.25, 0.3) is 11.2 Å². The second-order valence-electron chi connectivity index (χ2n) is 4.37. The van der Waals surface area contributed by atoms with Crippen LogP contribution in [0.15, 0.2) is 47.3 Å². The Labute approximate surface area is 123 Å². The lowest BCUT2D eigenvalue weighted by Crippen LogP contribution is -2.09. The fourth-order valence-electron chi connectivity index (χ4n) is 2.13. The van der Waals surface area contributed by atoms with Gasteiger partial charge in [0, 0.05) is 17.0 Å². The number of nitrogens with zero attached hydrogens (tertiary/aromatic N) is 2. The molecule has 0 spiro atoms. The van der Waals surface area contributed by atoms with Crippen molar-refractivity contribution in [2.45, 2.75) is 0 Å². The number of aromatic nitrogens is 2. The molecule has 0 saturated heterocycles. The van der Waals surface area contributed by atoms with Crippen LogP contribution in [0.3, 0.4) is 0 Å². The molecule has 1 N–H and O–H groups in total. The van der Waals surface area contributed by atoms with Gasteiger partial charge < -0.3 is 0 Å². The molecular weight excluding hydrogens is 294 g/mol. The van der Waals surface area contributed by atoms with Crippen LogP contribution in [0.5, 0.6) is 0 Å². The largest absolute Gasteiger partial charge is 0.288 e. The Bertz CT molecular complexity index is 921. The molecule has 0 aliphatic rings. The van der Waals surface area contributed by atoms with Gasteiger partial charge in [0.1, 0.15) is 5.02 Å². The molecule has 3 aromatic rings. The maximum Gasteiger partial charge on any atom is 0.288 e. The molecule has 0 aliphatic carbocycles. The summed E-state index contributed by atoms with van der Waals surface area (Å²) in [6.07, 6.45) is 0. The minimum absolute atomic E-state index is 0.0532. The standard InChI is InChI=1S/C14H8ClN3O3/c15-11-6-5-8(7-12(11)18(20)21)13-9-3-1-2-4-10(9)14(19)17-16-13/h1-7H,(H,17,19). The highest BCUT2D eigenvalue weighted by Crippen LogP contribution is 2.31. The summed E-state index contributed by atoms with van der Waals surface area (Å²) in [5, 5.41) is 18.5. The summed E-state index contributed by atoms with van der Waals surface area (Å²) >= 11 is 5.80. The number of H-pyrrole nitrogens is 1. The molecule has 0 bridgehead atoms. The van der Waals surface area contributed by atoms with Gasteiger partial charge in [-0.3, -0.25) is 14.9 Å². The van der Waals surface area contributed by atoms with Crippen molar-refractivity contribution in [1.82, 2.24) is 10.2 Å². The van der Waals surface area contributed by atoms with E-state index in [0.717, 1.165) is 0 Å². The first-order valence-corrected chi connectivity index (χ1v) is 6.37. The molecule has 6 nitrogen and oxygen atoms in total. The zero-order chi connectivity index (χ0) is 15.0. The SMILES string of the molecule is O=c1[nH]nc(-c2ccc(Cl)c([N+](=O)[O-])c2)c2ccccc12. The van der Waals surface area contributed by atoms with E-state index >= 15 is 0 Å². The number of benzene rings is 2. The molecule has 0 unspecified atom stereocenters. The highest BCUT2D eigenvalue weighted by molar-refractivity contribution is 6.32. The fourth-order valence-corrected chi connectivity index (χ4v) is 2.32. The van der Waals surface area contributed by atoms with Crippen molar-refractivity contribution in [3.63, 3.8) is 0 Å². The Morgan fingerprint density at radius 3 is 2.57 bits per heavy atom. The highest BCUT2D eigenvalue weighted by atomic mass is 35.5. The van der Waals surface area contributed by atoms with E-state index < -0.39 is 4.92 Å². The summed E-state index contributed by atoms with van der Waals surface area (Å²) in [4.78, 5) is 22.2. The molecule has 0 saturated carbocycles. The molecule has 104 valence electrons. The van der Waals surface area contributed by atoms with Crippen molar-refractivity contribution in [2.75, 3.05) is 0 Å². The van der Waals surface area contributed by atoms with Gasteiger partial charge in [-0.2, -0.15) is 5.10 Å². The van der Waals surface area contributed by atoms with E-state index in [0.29, 0.717) is 22.0 Å². The third kappa shape index (κ3) is 2.25. The van der Waals surface area contributed by atoms with Gasteiger partial charge in [-0.1, -0.05) is 35.9 Å². The van der Waals surface area contributed by atoms with Crippen LogP contribution in [0, 0.1) is 10.1 Å². The normalized spacial score (nSPS) is 10.7. The Morgan fingerprint density at radius 1 is 1.14 bits per heavy atom. The van der Waals surface area contributed by atoms with Gasteiger partial charge in [0.05, 0.1) is 16.0 Å². The van der Waals surface area contributed by atoms with Gasteiger partial charge in [0.15, 0.2) is 0 Å². The summed E-state index contributed by atoms with van der Waals surface area (Å²) in [7, 11) is 0. The third-order valence-electron chi connectivity index (χ3n) is 3.11. The molecule has 7 heteroatoms. The average molecular weight is 302 g/mol. The van der Waals surface area contributed by atoms with Crippen molar-refractivity contribution in [3.8, 4) is 11.3 Å². The van der Waals surface area contributed by atoms with Crippen LogP contribution in [0.4, 0.5) is 5.69 Å². The van der Waals surface area contributed by atoms with E-state index in [1.165, 1.54) is 12.1 Å². The number of hydrogen-bond acceptors (Lipinski definition) is 4. The fraction of sp³-hybridized carbons (Fsp3) is 0. The van der Waals surface area contributed by atoms with Gasteiger partial charge in [-0.05, 0) is 12.1 Å². The number of nitrogens with one attached hydrogen (secondary N) is 1. The molecular formula is C14H8ClN3O3. The number of nitro benzene ring substituents is 1. The van der Waals surface area contributed by atoms with Crippen molar-refractivity contribution < 1.29 is 4.92 Å². The van der Waals surface area contributed by atoms with Crippen LogP contribution in [0.2, 0.25) is 5.02 Å². The van der Waals surface area contributed by atoms with Crippen LogP contribution < -0.4 is 5.56 Å². The van der Waals surface area contributed by atoms with Crippen LogP contribution in [0.1, 0.15) is 0 Å². The number of halogens is 1. The van der Waals surface area contributed by atoms with E-state index in [1.54, 1.807) is 30.3 Å². The Balaban J connectivity index is 2.31. The molecule has 3 rings (SSSR count). The summed E-state index contributed by atoms with van der Waals surface area (Å²) in [5.74, 6) is 0. The molecule has 21 heavy (non-hydrogen) atoms. The average Bonchev–Trinajstić information content (AvgIpc) is 2.48. The number of rotatable bonds is 2. The Hall–Kier alpha value is -2.73. The molecule has 0 aliphatic heterocycles. The van der Waals surface area contributed by atoms with E-state index in [-0.39, 0.29) is 16.3 Å². The Kier molecular flexibility index (Phi) is 3.15. The van der Waals surface area contributed by atoms with E-state index in [9.17, 15) is 14.9 Å². The lowest BCUT2D eigenvalue weighted by molar-refractivity contribution is -0.384. The quantitative estimate of drug-likeness (QED) is 0.581. The zero-order valence-corrected chi connectivity index (χ0v) is 11.3. The highest BCUT2D eigenvalue weighted by Gasteiger charge is 2.16. The summed E-state index contributed by atoms with van der Waals surface area (Å²) in [6, 6.07) is 11.3. The van der Waals surface area contributed by atoms with Crippen LogP contribution in [-0.4, -0.2) is 15.1 Å². The topological polar surface area (TPSA) is 88.9 Å².